The number of esters is 2. The number of ether oxygens (including phenoxy) is 11. The van der Waals surface area contributed by atoms with E-state index in [1.807, 2.05) is 78.8 Å². The Balaban J connectivity index is 1.69. The van der Waals surface area contributed by atoms with Gasteiger partial charge in [-0.25, -0.2) is 4.79 Å². The number of ketones is 1. The lowest BCUT2D eigenvalue weighted by atomic mass is 9.74. The Kier molecular flexibility index (Phi) is 24.8. The Labute approximate surface area is 462 Å². The molecule has 5 rings (SSSR count). The first-order chi connectivity index (χ1) is 36.8. The van der Waals surface area contributed by atoms with Gasteiger partial charge in [-0.3, -0.25) is 14.4 Å². The number of alkyl carbamates (subject to hydrolysis) is 1. The van der Waals surface area contributed by atoms with Crippen LogP contribution in [0.5, 0.6) is 0 Å². The largest absolute Gasteiger partial charge is 0.461 e. The second-order valence-electron chi connectivity index (χ2n) is 23.0. The van der Waals surface area contributed by atoms with Crippen molar-refractivity contribution < 1.29 is 86.3 Å². The molecule has 1 amide bonds. The summed E-state index contributed by atoms with van der Waals surface area (Å²) in [4.78, 5) is 64.4. The van der Waals surface area contributed by atoms with Gasteiger partial charge in [0.2, 0.25) is 0 Å². The summed E-state index contributed by atoms with van der Waals surface area (Å²) >= 11 is 0. The van der Waals surface area contributed by atoms with Gasteiger partial charge in [-0.05, 0) is 65.4 Å². The van der Waals surface area contributed by atoms with Gasteiger partial charge in [0.15, 0.2) is 30.3 Å². The molecule has 22 atom stereocenters. The van der Waals surface area contributed by atoms with Crippen molar-refractivity contribution in [3.8, 4) is 0 Å². The first-order valence-electron chi connectivity index (χ1n) is 27.9. The summed E-state index contributed by atoms with van der Waals surface area (Å²) in [5.41, 5.74) is -0.874. The van der Waals surface area contributed by atoms with Crippen molar-refractivity contribution in [3.05, 3.63) is 35.9 Å². The van der Waals surface area contributed by atoms with Crippen LogP contribution in [0.25, 0.3) is 0 Å². The zero-order valence-corrected chi connectivity index (χ0v) is 48.9. The molecule has 1 unspecified atom stereocenters. The van der Waals surface area contributed by atoms with Crippen LogP contribution in [-0.2, 0) is 77.9 Å². The Hall–Kier alpha value is -3.87. The molecule has 0 spiro atoms. The van der Waals surface area contributed by atoms with E-state index in [1.165, 1.54) is 28.3 Å². The third-order valence-electron chi connectivity index (χ3n) is 15.7. The van der Waals surface area contributed by atoms with Crippen molar-refractivity contribution in [2.24, 2.45) is 46.6 Å². The molecule has 0 radical (unpaired) electrons. The molecule has 1 aromatic rings. The van der Waals surface area contributed by atoms with Crippen LogP contribution in [0.1, 0.15) is 121 Å². The first kappa shape index (κ1) is 64.9. The number of methoxy groups -OCH3 is 2. The summed E-state index contributed by atoms with van der Waals surface area (Å²) in [6.45, 7) is 23.8. The maximum Gasteiger partial charge on any atom is 0.408 e. The minimum Gasteiger partial charge on any atom is -0.461 e. The van der Waals surface area contributed by atoms with E-state index in [-0.39, 0.29) is 56.2 Å². The van der Waals surface area contributed by atoms with Crippen molar-refractivity contribution in [2.45, 2.75) is 220 Å². The second kappa shape index (κ2) is 29.7. The maximum atomic E-state index is 15.8. The average molecular weight is 1110 g/mol. The number of carbonyl (C=O) groups is 4. The van der Waals surface area contributed by atoms with E-state index in [0.29, 0.717) is 13.0 Å². The van der Waals surface area contributed by atoms with Crippen LogP contribution < -0.4 is 10.6 Å². The average Bonchev–Trinajstić information content (AvgIpc) is 3.59. The number of cyclic esters (lactones) is 1. The summed E-state index contributed by atoms with van der Waals surface area (Å²) < 4.78 is 70.1. The lowest BCUT2D eigenvalue weighted by molar-refractivity contribution is -0.305. The molecule has 0 aliphatic carbocycles. The van der Waals surface area contributed by atoms with E-state index in [4.69, 9.17) is 56.9 Å². The van der Waals surface area contributed by atoms with Crippen molar-refractivity contribution >= 4 is 29.5 Å². The number of aliphatic hydroxyl groups excluding tert-OH is 2. The molecule has 0 saturated carbocycles. The standard InChI is InChI=1S/C57H93N3O18/c1-29(2)22-42(61)74-48-36(9)47(31(4)28-70-55-51(68-15)50(67-14)44(62)39(12)73-55)76-53(65)38(11)49(75-43-23-32(5)58-26-34(7)71-43)35(8)46(77-54-45(63)41(60-69-16)24-33(6)72-54)30(3)25-57(13,52(64)37(48)10)78-56(66)59-27-40-20-18-17-19-21-40/h17-21,29-39,43-51,54-55,58,62-63H,22-28H2,1-16H3,(H,59,66)/b60-41+/t30-,31?,32+,33+,34-,35+,36-,37+,38+,39+,43-,44+,45+,46-,47+,48+,49-,50+,51+,54-,55+,57-/m0/s1. The first-order valence-corrected chi connectivity index (χ1v) is 27.9. The Morgan fingerprint density at radius 2 is 1.50 bits per heavy atom. The lowest BCUT2D eigenvalue weighted by Gasteiger charge is -2.45. The molecule has 444 valence electrons. The van der Waals surface area contributed by atoms with E-state index >= 15 is 9.59 Å². The lowest BCUT2D eigenvalue weighted by Crippen LogP contribution is -2.59. The quantitative estimate of drug-likeness (QED) is 0.0809. The molecular formula is C57H93N3O18. The number of aliphatic hydroxyl groups is 2. The number of hydrogen-bond donors (Lipinski definition) is 4. The Morgan fingerprint density at radius 3 is 2.14 bits per heavy atom. The predicted octanol–water partition coefficient (Wildman–Crippen LogP) is 5.86. The van der Waals surface area contributed by atoms with Crippen molar-refractivity contribution in [2.75, 3.05) is 34.5 Å². The normalized spacial score (nSPS) is 39.6. The number of carbonyl (C=O) groups excluding carboxylic acids is 4. The fourth-order valence-corrected chi connectivity index (χ4v) is 11.5. The van der Waals surface area contributed by atoms with Gasteiger partial charge < -0.3 is 77.8 Å². The monoisotopic (exact) mass is 1110 g/mol. The van der Waals surface area contributed by atoms with Crippen LogP contribution in [0, 0.1) is 41.4 Å². The zero-order valence-electron chi connectivity index (χ0n) is 48.9. The summed E-state index contributed by atoms with van der Waals surface area (Å²) in [6.07, 6.45) is -13.5. The van der Waals surface area contributed by atoms with Gasteiger partial charge in [-0.1, -0.05) is 84.0 Å². The SMILES string of the molecule is CO/N=C1\C[C@@H](C)O[C@@H](O[C@@H]2[C@@H](C)[C@H](O[C@H]3C[C@@H](C)NC[C@H](C)O3)[C@@H](C)C(=O)O[C@H](C(C)CO[C@@H]3O[C@H](C)[C@@H](O)[C@@H](OC)[C@H]3OC)[C@H](C)[C@@H](OC(=O)CC(C)C)[C@@H](C)C(=O)[C@@](C)(OC(=O)NCc3ccccc3)C[C@@H]2C)[C@@H]1O. The Bertz CT molecular complexity index is 2070. The third-order valence-corrected chi connectivity index (χ3v) is 15.7. The number of amides is 1. The van der Waals surface area contributed by atoms with Crippen molar-refractivity contribution in [1.82, 2.24) is 10.6 Å². The minimum atomic E-state index is -1.95. The predicted molar refractivity (Wildman–Crippen MR) is 285 cm³/mol. The number of benzene rings is 1. The van der Waals surface area contributed by atoms with Crippen molar-refractivity contribution in [1.29, 1.82) is 0 Å². The number of oxime groups is 1. The molecule has 4 saturated heterocycles. The molecule has 4 aliphatic rings. The molecule has 21 heteroatoms. The summed E-state index contributed by atoms with van der Waals surface area (Å²) in [7, 11) is 4.29. The van der Waals surface area contributed by atoms with Gasteiger partial charge in [0.25, 0.3) is 0 Å². The molecule has 4 N–H and O–H groups in total. The van der Waals surface area contributed by atoms with Crippen molar-refractivity contribution in [3.63, 3.8) is 0 Å². The molecule has 0 aromatic heterocycles. The van der Waals surface area contributed by atoms with Crippen LogP contribution >= 0.6 is 0 Å². The zero-order chi connectivity index (χ0) is 57.8. The highest BCUT2D eigenvalue weighted by molar-refractivity contribution is 5.91. The van der Waals surface area contributed by atoms with Crippen LogP contribution in [0.3, 0.4) is 0 Å². The van der Waals surface area contributed by atoms with Gasteiger partial charge in [0, 0.05) is 70.4 Å². The second-order valence-corrected chi connectivity index (χ2v) is 23.0. The van der Waals surface area contributed by atoms with Gasteiger partial charge in [0.1, 0.15) is 43.7 Å². The van der Waals surface area contributed by atoms with Gasteiger partial charge in [-0.2, -0.15) is 0 Å². The minimum absolute atomic E-state index is 0.00946. The molecule has 21 nitrogen and oxygen atoms in total. The number of rotatable bonds is 17. The van der Waals surface area contributed by atoms with E-state index in [0.717, 1.165) is 5.56 Å². The van der Waals surface area contributed by atoms with Gasteiger partial charge in [0.05, 0.1) is 54.7 Å². The number of nitrogens with one attached hydrogen (secondary N) is 2. The summed E-state index contributed by atoms with van der Waals surface area (Å²) in [6, 6.07) is 9.19. The third kappa shape index (κ3) is 17.1. The van der Waals surface area contributed by atoms with Crippen LogP contribution in [-0.4, -0.2) is 172 Å². The number of Topliss-reactive ketones (excluding diaryl/α,β-unsaturated/α-hetero) is 1. The van der Waals surface area contributed by atoms with Crippen LogP contribution in [0.2, 0.25) is 0 Å². The highest BCUT2D eigenvalue weighted by Crippen LogP contribution is 2.40. The molecule has 4 aliphatic heterocycles. The van der Waals surface area contributed by atoms with E-state index < -0.39 is 145 Å². The van der Waals surface area contributed by atoms with Gasteiger partial charge in [-0.15, -0.1) is 0 Å². The highest BCUT2D eigenvalue weighted by atomic mass is 16.7. The molecular weight excluding hydrogens is 1010 g/mol. The van der Waals surface area contributed by atoms with Crippen LogP contribution in [0.4, 0.5) is 4.79 Å². The van der Waals surface area contributed by atoms with Gasteiger partial charge >= 0.3 is 18.0 Å². The molecule has 1 aromatic carbocycles. The van der Waals surface area contributed by atoms with Crippen LogP contribution in [0.15, 0.2) is 35.5 Å². The molecule has 4 fully saturated rings. The topological polar surface area (TPSA) is 256 Å². The Morgan fingerprint density at radius 1 is 0.821 bits per heavy atom. The fraction of sp³-hybridized carbons (Fsp3) is 0.807. The molecule has 0 bridgehead atoms. The number of hydrogen-bond acceptors (Lipinski definition) is 20. The summed E-state index contributed by atoms with van der Waals surface area (Å²) in [5, 5.41) is 33.1. The van der Waals surface area contributed by atoms with E-state index in [2.05, 4.69) is 15.8 Å². The smallest absolute Gasteiger partial charge is 0.408 e. The summed E-state index contributed by atoms with van der Waals surface area (Å²) in [5.74, 6) is -7.37. The fourth-order valence-electron chi connectivity index (χ4n) is 11.5. The van der Waals surface area contributed by atoms with E-state index in [1.54, 1.807) is 34.6 Å². The maximum absolute atomic E-state index is 15.8. The van der Waals surface area contributed by atoms with E-state index in [9.17, 15) is 19.8 Å². The number of nitrogens with zero attached hydrogens (tertiary/aromatic N) is 1. The molecule has 4 heterocycles. The highest BCUT2D eigenvalue weighted by Gasteiger charge is 2.52. The molecule has 78 heavy (non-hydrogen) atoms.